The molecule has 2 aliphatic rings. The molecule has 0 bridgehead atoms. The third-order valence-corrected chi connectivity index (χ3v) is 6.72. The van der Waals surface area contributed by atoms with Crippen molar-refractivity contribution in [3.8, 4) is 0 Å². The van der Waals surface area contributed by atoms with Crippen LogP contribution in [-0.2, 0) is 16.0 Å². The summed E-state index contributed by atoms with van der Waals surface area (Å²) in [4.78, 5) is 44.6. The molecule has 0 saturated carbocycles. The highest BCUT2D eigenvalue weighted by molar-refractivity contribution is 9.10. The topological polar surface area (TPSA) is 70.2 Å². The maximum atomic E-state index is 14.0. The zero-order valence-corrected chi connectivity index (χ0v) is 22.1. The van der Waals surface area contributed by atoms with E-state index in [1.54, 1.807) is 25.7 Å². The fourth-order valence-corrected chi connectivity index (χ4v) is 5.12. The van der Waals surface area contributed by atoms with Gasteiger partial charge in [0.2, 0.25) is 0 Å². The summed E-state index contributed by atoms with van der Waals surface area (Å²) < 4.78 is 6.46. The number of hydrogen-bond donors (Lipinski definition) is 0. The van der Waals surface area contributed by atoms with Crippen molar-refractivity contribution in [2.45, 2.75) is 38.3 Å². The van der Waals surface area contributed by atoms with Gasteiger partial charge in [-0.2, -0.15) is 0 Å². The molecule has 10 heteroatoms. The van der Waals surface area contributed by atoms with Crippen LogP contribution in [0.3, 0.4) is 0 Å². The van der Waals surface area contributed by atoms with Crippen LogP contribution in [0, 0.1) is 0 Å². The van der Waals surface area contributed by atoms with Crippen LogP contribution in [0.5, 0.6) is 0 Å². The molecule has 1 unspecified atom stereocenters. The van der Waals surface area contributed by atoms with Gasteiger partial charge in [0, 0.05) is 34.0 Å². The average Bonchev–Trinajstić information content (AvgIpc) is 2.94. The molecule has 0 aromatic heterocycles. The van der Waals surface area contributed by atoms with Crippen LogP contribution < -0.4 is 4.90 Å². The van der Waals surface area contributed by atoms with Gasteiger partial charge in [0.05, 0.1) is 12.2 Å². The fourth-order valence-electron chi connectivity index (χ4n) is 4.34. The molecule has 0 radical (unpaired) electrons. The lowest BCUT2D eigenvalue weighted by atomic mass is 9.87. The molecule has 2 aromatic carbocycles. The van der Waals surface area contributed by atoms with E-state index in [9.17, 15) is 14.4 Å². The molecule has 4 amide bonds. The molecule has 0 aliphatic carbocycles. The van der Waals surface area contributed by atoms with Crippen molar-refractivity contribution in [1.29, 1.82) is 0 Å². The van der Waals surface area contributed by atoms with E-state index in [0.29, 0.717) is 15.7 Å². The van der Waals surface area contributed by atoms with Gasteiger partial charge in [-0.1, -0.05) is 51.3 Å². The SMILES string of the molecule is CC(C)(C)OC(=O)N1CCN2C(=O)N(c3cc(Cl)cc(Cl)c3)C(=O)C2(Cc2ccc(Br)cc2)C1. The number of anilines is 1. The second-order valence-electron chi connectivity index (χ2n) is 9.44. The third-order valence-electron chi connectivity index (χ3n) is 5.75. The van der Waals surface area contributed by atoms with Gasteiger partial charge < -0.3 is 14.5 Å². The number of imide groups is 1. The van der Waals surface area contributed by atoms with Gasteiger partial charge in [0.25, 0.3) is 5.91 Å². The average molecular weight is 569 g/mol. The number of fused-ring (bicyclic) bond motifs is 1. The number of ether oxygens (including phenoxy) is 1. The van der Waals surface area contributed by atoms with Crippen LogP contribution in [0.1, 0.15) is 26.3 Å². The predicted molar refractivity (Wildman–Crippen MR) is 134 cm³/mol. The Morgan fingerprint density at radius 1 is 1.06 bits per heavy atom. The first kappa shape index (κ1) is 24.8. The van der Waals surface area contributed by atoms with Crippen molar-refractivity contribution in [3.63, 3.8) is 0 Å². The van der Waals surface area contributed by atoms with Crippen molar-refractivity contribution in [2.75, 3.05) is 24.5 Å². The van der Waals surface area contributed by atoms with Crippen LogP contribution in [0.4, 0.5) is 15.3 Å². The number of carbonyl (C=O) groups is 3. The minimum atomic E-state index is -1.30. The number of piperazine rings is 1. The van der Waals surface area contributed by atoms with Crippen molar-refractivity contribution in [1.82, 2.24) is 9.80 Å². The zero-order chi connectivity index (χ0) is 24.8. The largest absolute Gasteiger partial charge is 0.444 e. The van der Waals surface area contributed by atoms with Gasteiger partial charge in [-0.25, -0.2) is 14.5 Å². The maximum Gasteiger partial charge on any atom is 0.410 e. The molecule has 0 spiro atoms. The van der Waals surface area contributed by atoms with E-state index in [1.165, 1.54) is 23.1 Å². The number of urea groups is 1. The monoisotopic (exact) mass is 567 g/mol. The van der Waals surface area contributed by atoms with E-state index in [0.717, 1.165) is 14.9 Å². The summed E-state index contributed by atoms with van der Waals surface area (Å²) in [6, 6.07) is 11.7. The van der Waals surface area contributed by atoms with E-state index >= 15 is 0 Å². The van der Waals surface area contributed by atoms with E-state index < -0.39 is 29.2 Å². The first-order valence-electron chi connectivity index (χ1n) is 10.7. The molecule has 0 N–H and O–H groups in total. The molecule has 1 atom stereocenters. The van der Waals surface area contributed by atoms with Crippen molar-refractivity contribution in [3.05, 3.63) is 62.5 Å². The second kappa shape index (κ2) is 9.06. The third kappa shape index (κ3) is 4.76. The van der Waals surface area contributed by atoms with Gasteiger partial charge in [-0.3, -0.25) is 4.79 Å². The smallest absolute Gasteiger partial charge is 0.410 e. The zero-order valence-electron chi connectivity index (χ0n) is 19.0. The number of halogens is 3. The molecule has 2 fully saturated rings. The predicted octanol–water partition coefficient (Wildman–Crippen LogP) is 5.76. The Morgan fingerprint density at radius 2 is 1.68 bits per heavy atom. The minimum absolute atomic E-state index is 0.00729. The Morgan fingerprint density at radius 3 is 2.26 bits per heavy atom. The molecular formula is C24H24BrCl2N3O4. The van der Waals surface area contributed by atoms with E-state index in [4.69, 9.17) is 27.9 Å². The summed E-state index contributed by atoms with van der Waals surface area (Å²) in [5, 5.41) is 0.621. The quantitative estimate of drug-likeness (QED) is 0.442. The number of amides is 4. The molecule has 2 aliphatic heterocycles. The fraction of sp³-hybridized carbons (Fsp3) is 0.375. The molecule has 34 heavy (non-hydrogen) atoms. The van der Waals surface area contributed by atoms with Crippen LogP contribution in [0.15, 0.2) is 46.9 Å². The summed E-state index contributed by atoms with van der Waals surface area (Å²) >= 11 is 15.7. The molecule has 2 heterocycles. The molecule has 4 rings (SSSR count). The first-order valence-corrected chi connectivity index (χ1v) is 12.3. The lowest BCUT2D eigenvalue weighted by Gasteiger charge is -2.44. The lowest BCUT2D eigenvalue weighted by Crippen LogP contribution is -2.65. The minimum Gasteiger partial charge on any atom is -0.444 e. The Kier molecular flexibility index (Phi) is 6.61. The summed E-state index contributed by atoms with van der Waals surface area (Å²) in [6.07, 6.45) is -0.290. The standard InChI is InChI=1S/C24H24BrCl2N3O4/c1-23(2,3)34-22(33)28-8-9-29-21(32)30(19-11-17(26)10-18(27)12-19)20(31)24(29,14-28)13-15-4-6-16(25)7-5-15/h4-7,10-12H,8-9,13-14H2,1-3H3. The lowest BCUT2D eigenvalue weighted by molar-refractivity contribution is -0.127. The van der Waals surface area contributed by atoms with Gasteiger partial charge in [0.1, 0.15) is 11.1 Å². The Hall–Kier alpha value is -2.29. The number of hydrogen-bond acceptors (Lipinski definition) is 4. The summed E-state index contributed by atoms with van der Waals surface area (Å²) in [5.74, 6) is -0.438. The first-order chi connectivity index (χ1) is 15.9. The van der Waals surface area contributed by atoms with Gasteiger partial charge in [0.15, 0.2) is 0 Å². The summed E-state index contributed by atoms with van der Waals surface area (Å²) in [6.45, 7) is 5.80. The van der Waals surface area contributed by atoms with Crippen LogP contribution in [-0.4, -0.2) is 58.6 Å². The van der Waals surface area contributed by atoms with Crippen molar-refractivity contribution < 1.29 is 19.1 Å². The van der Waals surface area contributed by atoms with Gasteiger partial charge in [-0.15, -0.1) is 0 Å². The Balaban J connectivity index is 1.76. The number of carbonyl (C=O) groups excluding carboxylic acids is 3. The molecule has 2 aromatic rings. The highest BCUT2D eigenvalue weighted by atomic mass is 79.9. The second-order valence-corrected chi connectivity index (χ2v) is 11.2. The van der Waals surface area contributed by atoms with E-state index in [2.05, 4.69) is 15.9 Å². The Labute approximate surface area is 216 Å². The molecule has 2 saturated heterocycles. The molecular weight excluding hydrogens is 545 g/mol. The van der Waals surface area contributed by atoms with E-state index in [1.807, 2.05) is 24.3 Å². The Bertz CT molecular complexity index is 1130. The number of rotatable bonds is 3. The summed E-state index contributed by atoms with van der Waals surface area (Å²) in [7, 11) is 0. The molecule has 7 nitrogen and oxygen atoms in total. The van der Waals surface area contributed by atoms with Gasteiger partial charge in [-0.05, 0) is 56.7 Å². The van der Waals surface area contributed by atoms with Gasteiger partial charge >= 0.3 is 12.1 Å². The van der Waals surface area contributed by atoms with Crippen LogP contribution >= 0.6 is 39.1 Å². The maximum absolute atomic E-state index is 14.0. The normalized spacial score (nSPS) is 20.6. The molecule has 180 valence electrons. The van der Waals surface area contributed by atoms with Crippen LogP contribution in [0.25, 0.3) is 0 Å². The van der Waals surface area contributed by atoms with Crippen molar-refractivity contribution in [2.24, 2.45) is 0 Å². The van der Waals surface area contributed by atoms with E-state index in [-0.39, 0.29) is 26.1 Å². The highest BCUT2D eigenvalue weighted by Crippen LogP contribution is 2.39. The van der Waals surface area contributed by atoms with Crippen LogP contribution in [0.2, 0.25) is 10.0 Å². The summed E-state index contributed by atoms with van der Waals surface area (Å²) in [5.41, 5.74) is -0.839. The number of benzene rings is 2. The highest BCUT2D eigenvalue weighted by Gasteiger charge is 2.60. The number of nitrogens with zero attached hydrogens (tertiary/aromatic N) is 3. The van der Waals surface area contributed by atoms with Crippen molar-refractivity contribution >= 4 is 62.9 Å².